The molecule has 3 aromatic rings. The van der Waals surface area contributed by atoms with Gasteiger partial charge in [-0.15, -0.1) is 0 Å². The van der Waals surface area contributed by atoms with Crippen LogP contribution in [0.2, 0.25) is 0 Å². The number of amides is 1. The third kappa shape index (κ3) is 5.47. The lowest BCUT2D eigenvalue weighted by molar-refractivity contribution is -0.139. The van der Waals surface area contributed by atoms with Gasteiger partial charge in [-0.25, -0.2) is 0 Å². The van der Waals surface area contributed by atoms with Gasteiger partial charge in [0.1, 0.15) is 19.0 Å². The Labute approximate surface area is 233 Å². The Bertz CT molecular complexity index is 1420. The van der Waals surface area contributed by atoms with E-state index in [1.165, 1.54) is 4.90 Å². The van der Waals surface area contributed by atoms with E-state index in [0.717, 1.165) is 18.4 Å². The van der Waals surface area contributed by atoms with E-state index in [2.05, 4.69) is 6.92 Å². The Morgan fingerprint density at radius 1 is 0.975 bits per heavy atom. The van der Waals surface area contributed by atoms with Crippen molar-refractivity contribution in [3.63, 3.8) is 0 Å². The number of carbonyl (C=O) groups excluding carboxylic acids is 2. The molecule has 0 unspecified atom stereocenters. The van der Waals surface area contributed by atoms with E-state index in [0.29, 0.717) is 60.4 Å². The zero-order valence-electron chi connectivity index (χ0n) is 22.7. The number of hydrogen-bond donors (Lipinski definition) is 1. The second kappa shape index (κ2) is 12.2. The van der Waals surface area contributed by atoms with E-state index in [4.69, 9.17) is 18.9 Å². The van der Waals surface area contributed by atoms with Crippen LogP contribution < -0.4 is 18.9 Å². The normalized spacial score (nSPS) is 17.6. The molecule has 5 rings (SSSR count). The lowest BCUT2D eigenvalue weighted by atomic mass is 9.94. The number of rotatable bonds is 10. The number of benzene rings is 3. The third-order valence-corrected chi connectivity index (χ3v) is 7.10. The molecule has 0 spiro atoms. The monoisotopic (exact) mass is 543 g/mol. The molecular weight excluding hydrogens is 510 g/mol. The van der Waals surface area contributed by atoms with Gasteiger partial charge in [-0.1, -0.05) is 49.7 Å². The minimum atomic E-state index is -0.824. The number of carbonyl (C=O) groups is 2. The highest BCUT2D eigenvalue weighted by Gasteiger charge is 2.46. The number of Topliss-reactive ketones (excluding diaryl/α,β-unsaturated/α-hetero) is 1. The molecule has 3 aromatic carbocycles. The van der Waals surface area contributed by atoms with E-state index < -0.39 is 17.7 Å². The summed E-state index contributed by atoms with van der Waals surface area (Å²) >= 11 is 0. The molecule has 1 N–H and O–H groups in total. The molecule has 2 heterocycles. The average molecular weight is 544 g/mol. The molecule has 2 aliphatic rings. The molecule has 1 atom stereocenters. The van der Waals surface area contributed by atoms with Gasteiger partial charge in [0.25, 0.3) is 11.7 Å². The smallest absolute Gasteiger partial charge is 0.295 e. The number of likely N-dealkylation sites (tertiary alicyclic amines) is 1. The summed E-state index contributed by atoms with van der Waals surface area (Å²) in [7, 11) is 1.55. The fourth-order valence-corrected chi connectivity index (χ4v) is 5.00. The Morgan fingerprint density at radius 3 is 2.50 bits per heavy atom. The molecule has 1 fully saturated rings. The molecule has 2 aliphatic heterocycles. The third-order valence-electron chi connectivity index (χ3n) is 7.10. The number of ketones is 1. The summed E-state index contributed by atoms with van der Waals surface area (Å²) < 4.78 is 22.8. The molecule has 0 saturated carbocycles. The first-order valence-corrected chi connectivity index (χ1v) is 13.5. The average Bonchev–Trinajstić information content (AvgIpc) is 3.25. The Kier molecular flexibility index (Phi) is 8.24. The van der Waals surface area contributed by atoms with E-state index in [9.17, 15) is 14.7 Å². The Balaban J connectivity index is 1.57. The van der Waals surface area contributed by atoms with Gasteiger partial charge in [-0.05, 0) is 54.3 Å². The maximum absolute atomic E-state index is 13.5. The molecular formula is C32H33NO7. The van der Waals surface area contributed by atoms with Gasteiger partial charge in [-0.2, -0.15) is 0 Å². The largest absolute Gasteiger partial charge is 0.507 e. The SMILES string of the molecule is CCCCOc1ccc([C@@H]2/C(=C(\O)c3ccc4c(c3)OCCO4)C(=O)C(=O)N2CCc2ccccc2)cc1OC. The highest BCUT2D eigenvalue weighted by atomic mass is 16.6. The maximum atomic E-state index is 13.5. The molecule has 1 saturated heterocycles. The van der Waals surface area contributed by atoms with Gasteiger partial charge in [0.15, 0.2) is 23.0 Å². The van der Waals surface area contributed by atoms with Crippen molar-refractivity contribution in [1.82, 2.24) is 4.90 Å². The second-order valence-electron chi connectivity index (χ2n) is 9.70. The highest BCUT2D eigenvalue weighted by molar-refractivity contribution is 6.46. The molecule has 0 radical (unpaired) electrons. The fraction of sp³-hybridized carbons (Fsp3) is 0.312. The predicted octanol–water partition coefficient (Wildman–Crippen LogP) is 5.31. The summed E-state index contributed by atoms with van der Waals surface area (Å²) in [6, 6.07) is 19.3. The molecule has 0 bridgehead atoms. The summed E-state index contributed by atoms with van der Waals surface area (Å²) in [6.07, 6.45) is 2.44. The Hall–Kier alpha value is -4.46. The van der Waals surface area contributed by atoms with Gasteiger partial charge in [0.2, 0.25) is 0 Å². The molecule has 0 aromatic heterocycles. The second-order valence-corrected chi connectivity index (χ2v) is 9.70. The van der Waals surface area contributed by atoms with Crippen molar-refractivity contribution in [3.8, 4) is 23.0 Å². The molecule has 8 nitrogen and oxygen atoms in total. The summed E-state index contributed by atoms with van der Waals surface area (Å²) in [5.41, 5.74) is 2.04. The van der Waals surface area contributed by atoms with Crippen molar-refractivity contribution in [2.24, 2.45) is 0 Å². The number of unbranched alkanes of at least 4 members (excludes halogenated alkanes) is 1. The van der Waals surface area contributed by atoms with Crippen LogP contribution in [0.4, 0.5) is 0 Å². The number of ether oxygens (including phenoxy) is 4. The van der Waals surface area contributed by atoms with Gasteiger partial charge in [0.05, 0.1) is 25.3 Å². The van der Waals surface area contributed by atoms with Crippen LogP contribution in [0.5, 0.6) is 23.0 Å². The first kappa shape index (κ1) is 27.1. The standard InChI is InChI=1S/C32H33NO7/c1-3-4-16-38-24-12-10-22(19-26(24)37-2)29-28(30(34)23-11-13-25-27(20-23)40-18-17-39-25)31(35)32(36)33(29)15-14-21-8-6-5-7-9-21/h5-13,19-20,29,34H,3-4,14-18H2,1-2H3/b30-28+/t29-/m1/s1. The van der Waals surface area contributed by atoms with Crippen molar-refractivity contribution in [2.75, 3.05) is 33.5 Å². The summed E-state index contributed by atoms with van der Waals surface area (Å²) in [5.74, 6) is 0.417. The first-order chi connectivity index (χ1) is 19.5. The summed E-state index contributed by atoms with van der Waals surface area (Å²) in [4.78, 5) is 28.4. The number of methoxy groups -OCH3 is 1. The Morgan fingerprint density at radius 2 is 1.75 bits per heavy atom. The van der Waals surface area contributed by atoms with Crippen molar-refractivity contribution >= 4 is 17.4 Å². The van der Waals surface area contributed by atoms with E-state index >= 15 is 0 Å². The van der Waals surface area contributed by atoms with Crippen LogP contribution >= 0.6 is 0 Å². The molecule has 1 amide bonds. The number of aliphatic hydroxyl groups excluding tert-OH is 1. The van der Waals surface area contributed by atoms with Crippen LogP contribution in [0.25, 0.3) is 5.76 Å². The van der Waals surface area contributed by atoms with E-state index in [-0.39, 0.29) is 17.9 Å². The van der Waals surface area contributed by atoms with E-state index in [1.54, 1.807) is 37.4 Å². The van der Waals surface area contributed by atoms with Crippen LogP contribution in [0, 0.1) is 0 Å². The first-order valence-electron chi connectivity index (χ1n) is 13.5. The quantitative estimate of drug-likeness (QED) is 0.160. The van der Waals surface area contributed by atoms with Crippen LogP contribution in [-0.4, -0.2) is 55.2 Å². The predicted molar refractivity (Wildman–Crippen MR) is 150 cm³/mol. The number of hydrogen-bond acceptors (Lipinski definition) is 7. The zero-order chi connectivity index (χ0) is 28.1. The van der Waals surface area contributed by atoms with Gasteiger partial charge in [-0.3, -0.25) is 9.59 Å². The molecule has 0 aliphatic carbocycles. The number of fused-ring (bicyclic) bond motifs is 1. The molecule has 8 heteroatoms. The highest BCUT2D eigenvalue weighted by Crippen LogP contribution is 2.43. The lowest BCUT2D eigenvalue weighted by Gasteiger charge is -2.26. The zero-order valence-corrected chi connectivity index (χ0v) is 22.7. The van der Waals surface area contributed by atoms with Gasteiger partial charge >= 0.3 is 0 Å². The van der Waals surface area contributed by atoms with Crippen molar-refractivity contribution < 1.29 is 33.6 Å². The number of nitrogens with zero attached hydrogens (tertiary/aromatic N) is 1. The summed E-state index contributed by atoms with van der Waals surface area (Å²) in [5, 5.41) is 11.5. The van der Waals surface area contributed by atoms with Crippen LogP contribution in [-0.2, 0) is 16.0 Å². The van der Waals surface area contributed by atoms with Crippen LogP contribution in [0.3, 0.4) is 0 Å². The van der Waals surface area contributed by atoms with Crippen molar-refractivity contribution in [2.45, 2.75) is 32.2 Å². The molecule has 40 heavy (non-hydrogen) atoms. The van der Waals surface area contributed by atoms with Gasteiger partial charge in [0, 0.05) is 12.1 Å². The van der Waals surface area contributed by atoms with Crippen molar-refractivity contribution in [1.29, 1.82) is 0 Å². The summed E-state index contributed by atoms with van der Waals surface area (Å²) in [6.45, 7) is 3.74. The van der Waals surface area contributed by atoms with Gasteiger partial charge < -0.3 is 29.0 Å². The maximum Gasteiger partial charge on any atom is 0.295 e. The minimum absolute atomic E-state index is 0.0106. The fourth-order valence-electron chi connectivity index (χ4n) is 5.00. The molecule has 208 valence electrons. The van der Waals surface area contributed by atoms with E-state index in [1.807, 2.05) is 36.4 Å². The van der Waals surface area contributed by atoms with Crippen LogP contribution in [0.1, 0.15) is 42.5 Å². The number of aliphatic hydroxyl groups is 1. The van der Waals surface area contributed by atoms with Crippen LogP contribution in [0.15, 0.2) is 72.3 Å². The lowest BCUT2D eigenvalue weighted by Crippen LogP contribution is -2.31. The minimum Gasteiger partial charge on any atom is -0.507 e. The topological polar surface area (TPSA) is 94.5 Å². The van der Waals surface area contributed by atoms with Crippen molar-refractivity contribution in [3.05, 3.63) is 89.0 Å².